The molecule has 0 bridgehead atoms. The average Bonchev–Trinajstić information content (AvgIpc) is 3.07. The highest BCUT2D eigenvalue weighted by Crippen LogP contribution is 2.34. The lowest BCUT2D eigenvalue weighted by Crippen LogP contribution is -2.31. The first-order valence-corrected chi connectivity index (χ1v) is 6.25. The third kappa shape index (κ3) is 3.48. The van der Waals surface area contributed by atoms with Crippen LogP contribution in [0.2, 0.25) is 0 Å². The SMILES string of the molecule is CC(C)CN(c1cc(N)nc(C(F)(F)F)n1)C1CC1. The zero-order chi connectivity index (χ0) is 14.2. The Morgan fingerprint density at radius 3 is 2.47 bits per heavy atom. The first-order valence-electron chi connectivity index (χ1n) is 6.25. The molecule has 2 rings (SSSR count). The van der Waals surface area contributed by atoms with Gasteiger partial charge < -0.3 is 10.6 Å². The molecule has 1 heterocycles. The van der Waals surface area contributed by atoms with Crippen molar-refractivity contribution < 1.29 is 13.2 Å². The van der Waals surface area contributed by atoms with Gasteiger partial charge in [-0.25, -0.2) is 9.97 Å². The predicted molar refractivity (Wildman–Crippen MR) is 66.7 cm³/mol. The maximum atomic E-state index is 12.7. The van der Waals surface area contributed by atoms with Gasteiger partial charge in [0, 0.05) is 18.7 Å². The van der Waals surface area contributed by atoms with E-state index in [1.165, 1.54) is 6.07 Å². The van der Waals surface area contributed by atoms with Crippen LogP contribution in [0.4, 0.5) is 24.8 Å². The molecule has 0 radical (unpaired) electrons. The maximum Gasteiger partial charge on any atom is 0.451 e. The van der Waals surface area contributed by atoms with Crippen LogP contribution in [0, 0.1) is 5.92 Å². The van der Waals surface area contributed by atoms with Crippen LogP contribution in [-0.2, 0) is 6.18 Å². The number of anilines is 2. The molecule has 1 aromatic heterocycles. The molecule has 19 heavy (non-hydrogen) atoms. The Morgan fingerprint density at radius 2 is 2.00 bits per heavy atom. The number of hydrogen-bond acceptors (Lipinski definition) is 4. The molecule has 1 fully saturated rings. The Labute approximate surface area is 109 Å². The standard InChI is InChI=1S/C12H17F3N4/c1-7(2)6-19(8-3-4-8)10-5-9(16)17-11(18-10)12(13,14)15/h5,7-8H,3-4,6H2,1-2H3,(H2,16,17,18). The Hall–Kier alpha value is -1.53. The zero-order valence-corrected chi connectivity index (χ0v) is 10.9. The fourth-order valence-electron chi connectivity index (χ4n) is 1.94. The molecule has 0 spiro atoms. The fourth-order valence-corrected chi connectivity index (χ4v) is 1.94. The van der Waals surface area contributed by atoms with Crippen LogP contribution < -0.4 is 10.6 Å². The lowest BCUT2D eigenvalue weighted by atomic mass is 10.2. The minimum Gasteiger partial charge on any atom is -0.384 e. The quantitative estimate of drug-likeness (QED) is 0.917. The second kappa shape index (κ2) is 4.86. The summed E-state index contributed by atoms with van der Waals surface area (Å²) in [4.78, 5) is 8.79. The van der Waals surface area contributed by atoms with Gasteiger partial charge in [0.05, 0.1) is 0 Å². The highest BCUT2D eigenvalue weighted by Gasteiger charge is 2.37. The van der Waals surface area contributed by atoms with E-state index in [1.807, 2.05) is 18.7 Å². The summed E-state index contributed by atoms with van der Waals surface area (Å²) in [6.45, 7) is 4.70. The molecule has 4 nitrogen and oxygen atoms in total. The van der Waals surface area contributed by atoms with Gasteiger partial charge in [0.25, 0.3) is 0 Å². The monoisotopic (exact) mass is 274 g/mol. The molecule has 0 amide bonds. The van der Waals surface area contributed by atoms with Gasteiger partial charge in [-0.1, -0.05) is 13.8 Å². The van der Waals surface area contributed by atoms with Gasteiger partial charge in [0.15, 0.2) is 0 Å². The normalized spacial score (nSPS) is 15.9. The number of nitrogen functional groups attached to an aromatic ring is 1. The second-order valence-electron chi connectivity index (χ2n) is 5.25. The number of aromatic nitrogens is 2. The topological polar surface area (TPSA) is 55.0 Å². The minimum absolute atomic E-state index is 0.147. The minimum atomic E-state index is -4.57. The summed E-state index contributed by atoms with van der Waals surface area (Å²) >= 11 is 0. The molecule has 2 N–H and O–H groups in total. The lowest BCUT2D eigenvalue weighted by Gasteiger charge is -2.26. The smallest absolute Gasteiger partial charge is 0.384 e. The molecule has 7 heteroatoms. The van der Waals surface area contributed by atoms with E-state index in [2.05, 4.69) is 9.97 Å². The number of nitrogens with zero attached hydrogens (tertiary/aromatic N) is 3. The molecule has 1 saturated carbocycles. The highest BCUT2D eigenvalue weighted by atomic mass is 19.4. The van der Waals surface area contributed by atoms with E-state index in [1.54, 1.807) is 0 Å². The lowest BCUT2D eigenvalue weighted by molar-refractivity contribution is -0.144. The Bertz CT molecular complexity index is 455. The van der Waals surface area contributed by atoms with Crippen LogP contribution in [0.25, 0.3) is 0 Å². The molecule has 1 aliphatic carbocycles. The van der Waals surface area contributed by atoms with Crippen molar-refractivity contribution in [1.29, 1.82) is 0 Å². The molecule has 0 aliphatic heterocycles. The van der Waals surface area contributed by atoms with Crippen molar-refractivity contribution in [1.82, 2.24) is 9.97 Å². The van der Waals surface area contributed by atoms with Gasteiger partial charge in [-0.05, 0) is 18.8 Å². The van der Waals surface area contributed by atoms with Crippen LogP contribution in [0.15, 0.2) is 6.07 Å². The predicted octanol–water partition coefficient (Wildman–Crippen LogP) is 2.70. The third-order valence-electron chi connectivity index (χ3n) is 2.83. The van der Waals surface area contributed by atoms with Crippen LogP contribution in [0.3, 0.4) is 0 Å². The van der Waals surface area contributed by atoms with Crippen LogP contribution in [0.1, 0.15) is 32.5 Å². The van der Waals surface area contributed by atoms with Gasteiger partial charge in [-0.2, -0.15) is 13.2 Å². The molecule has 0 atom stereocenters. The number of nitrogens with two attached hydrogens (primary N) is 1. The van der Waals surface area contributed by atoms with Gasteiger partial charge in [0.2, 0.25) is 5.82 Å². The number of alkyl halides is 3. The largest absolute Gasteiger partial charge is 0.451 e. The number of hydrogen-bond donors (Lipinski definition) is 1. The maximum absolute atomic E-state index is 12.7. The van der Waals surface area contributed by atoms with Gasteiger partial charge in [-0.3, -0.25) is 0 Å². The Kier molecular flexibility index (Phi) is 3.56. The number of halogens is 3. The number of rotatable bonds is 4. The molecule has 0 unspecified atom stereocenters. The summed E-state index contributed by atoms with van der Waals surface area (Å²) < 4.78 is 38.1. The van der Waals surface area contributed by atoms with Crippen molar-refractivity contribution in [2.75, 3.05) is 17.2 Å². The summed E-state index contributed by atoms with van der Waals surface area (Å²) in [5.41, 5.74) is 5.47. The fraction of sp³-hybridized carbons (Fsp3) is 0.667. The van der Waals surface area contributed by atoms with Crippen molar-refractivity contribution in [2.24, 2.45) is 5.92 Å². The van der Waals surface area contributed by atoms with Crippen LogP contribution in [0.5, 0.6) is 0 Å². The van der Waals surface area contributed by atoms with Crippen LogP contribution in [-0.4, -0.2) is 22.6 Å². The summed E-state index contributed by atoms with van der Waals surface area (Å²) in [6.07, 6.45) is -2.60. The molecule has 0 aromatic carbocycles. The Balaban J connectivity index is 2.34. The van der Waals surface area contributed by atoms with E-state index in [9.17, 15) is 13.2 Å². The summed E-state index contributed by atoms with van der Waals surface area (Å²) in [6, 6.07) is 1.69. The van der Waals surface area contributed by atoms with E-state index in [0.29, 0.717) is 12.5 Å². The first-order chi connectivity index (χ1) is 8.77. The summed E-state index contributed by atoms with van der Waals surface area (Å²) in [5, 5.41) is 0. The molecule has 1 aliphatic rings. The third-order valence-corrected chi connectivity index (χ3v) is 2.83. The van der Waals surface area contributed by atoms with E-state index in [-0.39, 0.29) is 17.7 Å². The zero-order valence-electron chi connectivity index (χ0n) is 10.9. The molecular weight excluding hydrogens is 257 g/mol. The van der Waals surface area contributed by atoms with Gasteiger partial charge >= 0.3 is 6.18 Å². The van der Waals surface area contributed by atoms with Crippen molar-refractivity contribution in [3.63, 3.8) is 0 Å². The van der Waals surface area contributed by atoms with E-state index >= 15 is 0 Å². The molecular formula is C12H17F3N4. The second-order valence-corrected chi connectivity index (χ2v) is 5.25. The van der Waals surface area contributed by atoms with Gasteiger partial charge in [-0.15, -0.1) is 0 Å². The molecule has 106 valence electrons. The molecule has 0 saturated heterocycles. The summed E-state index contributed by atoms with van der Waals surface area (Å²) in [5.74, 6) is -0.703. The Morgan fingerprint density at radius 1 is 1.37 bits per heavy atom. The average molecular weight is 274 g/mol. The van der Waals surface area contributed by atoms with Gasteiger partial charge in [0.1, 0.15) is 11.6 Å². The van der Waals surface area contributed by atoms with Crippen LogP contribution >= 0.6 is 0 Å². The van der Waals surface area contributed by atoms with E-state index in [0.717, 1.165) is 12.8 Å². The van der Waals surface area contributed by atoms with Crippen molar-refractivity contribution in [3.05, 3.63) is 11.9 Å². The van der Waals surface area contributed by atoms with Crippen molar-refractivity contribution in [3.8, 4) is 0 Å². The highest BCUT2D eigenvalue weighted by molar-refractivity contribution is 5.49. The first kappa shape index (κ1) is 13.9. The summed E-state index contributed by atoms with van der Waals surface area (Å²) in [7, 11) is 0. The molecule has 1 aromatic rings. The van der Waals surface area contributed by atoms with E-state index in [4.69, 9.17) is 5.73 Å². The van der Waals surface area contributed by atoms with Crippen molar-refractivity contribution >= 4 is 11.6 Å². The van der Waals surface area contributed by atoms with Crippen molar-refractivity contribution in [2.45, 2.75) is 38.9 Å². The van der Waals surface area contributed by atoms with E-state index < -0.39 is 12.0 Å².